The second kappa shape index (κ2) is 9.87. The fourth-order valence-corrected chi connectivity index (χ4v) is 3.60. The summed E-state index contributed by atoms with van der Waals surface area (Å²) in [6.07, 6.45) is 0.533. The number of rotatable bonds is 7. The largest absolute Gasteiger partial charge is 0.463 e. The minimum absolute atomic E-state index is 0.116. The Morgan fingerprint density at radius 2 is 1.63 bits per heavy atom. The van der Waals surface area contributed by atoms with Crippen molar-refractivity contribution in [3.05, 3.63) is 83.1 Å². The summed E-state index contributed by atoms with van der Waals surface area (Å²) in [6.45, 7) is 3.65. The van der Waals surface area contributed by atoms with Gasteiger partial charge in [0.15, 0.2) is 0 Å². The Morgan fingerprint density at radius 3 is 2.20 bits per heavy atom. The smallest absolute Gasteiger partial charge is 0.335 e. The van der Waals surface area contributed by atoms with Crippen molar-refractivity contribution in [3.63, 3.8) is 0 Å². The maximum Gasteiger partial charge on any atom is 0.335 e. The Balaban J connectivity index is 2.07. The van der Waals surface area contributed by atoms with E-state index in [1.807, 2.05) is 60.7 Å². The molecule has 156 valence electrons. The molecule has 1 atom stereocenters. The zero-order valence-corrected chi connectivity index (χ0v) is 17.3. The molecule has 0 aliphatic carbocycles. The van der Waals surface area contributed by atoms with Crippen LogP contribution in [0.3, 0.4) is 0 Å². The fourth-order valence-electron chi connectivity index (χ4n) is 3.60. The maximum absolute atomic E-state index is 13.3. The molecule has 1 heterocycles. The van der Waals surface area contributed by atoms with Crippen LogP contribution in [0, 0.1) is 0 Å². The van der Waals surface area contributed by atoms with Crippen molar-refractivity contribution in [2.75, 3.05) is 6.61 Å². The molecule has 6 nitrogen and oxygen atoms in total. The SMILES string of the molecule is CCOC(=O)C1=C(Cc2ccccc2)N(Cc2ccccc2)C(=O)C(NC(C)=O)C1. The Labute approximate surface area is 176 Å². The van der Waals surface area contributed by atoms with Crippen LogP contribution in [0.15, 0.2) is 71.9 Å². The number of benzene rings is 2. The van der Waals surface area contributed by atoms with E-state index in [0.29, 0.717) is 24.2 Å². The summed E-state index contributed by atoms with van der Waals surface area (Å²) in [6, 6.07) is 18.5. The number of carbonyl (C=O) groups excluding carboxylic acids is 3. The normalized spacial score (nSPS) is 16.4. The summed E-state index contributed by atoms with van der Waals surface area (Å²) in [5.41, 5.74) is 2.96. The second-order valence-corrected chi connectivity index (χ2v) is 7.18. The lowest BCUT2D eigenvalue weighted by Gasteiger charge is -2.36. The number of hydrogen-bond donors (Lipinski definition) is 1. The lowest BCUT2D eigenvalue weighted by atomic mass is 9.93. The fraction of sp³-hybridized carbons (Fsp3) is 0.292. The molecule has 1 unspecified atom stereocenters. The summed E-state index contributed by atoms with van der Waals surface area (Å²) < 4.78 is 5.29. The van der Waals surface area contributed by atoms with Crippen LogP contribution in [0.5, 0.6) is 0 Å². The zero-order valence-electron chi connectivity index (χ0n) is 17.3. The molecule has 0 saturated heterocycles. The zero-order chi connectivity index (χ0) is 21.5. The van der Waals surface area contributed by atoms with Gasteiger partial charge in [0.05, 0.1) is 18.7 Å². The van der Waals surface area contributed by atoms with Crippen LogP contribution >= 0.6 is 0 Å². The van der Waals surface area contributed by atoms with Crippen LogP contribution in [0.4, 0.5) is 0 Å². The van der Waals surface area contributed by atoms with Crippen molar-refractivity contribution in [2.24, 2.45) is 0 Å². The minimum Gasteiger partial charge on any atom is -0.463 e. The maximum atomic E-state index is 13.3. The highest BCUT2D eigenvalue weighted by atomic mass is 16.5. The third-order valence-electron chi connectivity index (χ3n) is 4.94. The van der Waals surface area contributed by atoms with Gasteiger partial charge in [-0.05, 0) is 18.1 Å². The summed E-state index contributed by atoms with van der Waals surface area (Å²) in [4.78, 5) is 39.4. The first-order valence-electron chi connectivity index (χ1n) is 10.0. The molecule has 0 bridgehead atoms. The van der Waals surface area contributed by atoms with Crippen LogP contribution in [0.1, 0.15) is 31.4 Å². The quantitative estimate of drug-likeness (QED) is 0.718. The van der Waals surface area contributed by atoms with E-state index in [0.717, 1.165) is 11.1 Å². The Morgan fingerprint density at radius 1 is 1.03 bits per heavy atom. The number of esters is 1. The van der Waals surface area contributed by atoms with Crippen molar-refractivity contribution in [2.45, 2.75) is 39.3 Å². The molecule has 1 aliphatic heterocycles. The Hall–Kier alpha value is -3.41. The highest BCUT2D eigenvalue weighted by molar-refractivity contribution is 5.97. The number of ether oxygens (including phenoxy) is 1. The van der Waals surface area contributed by atoms with Gasteiger partial charge in [-0.25, -0.2) is 4.79 Å². The predicted octanol–water partition coefficient (Wildman–Crippen LogP) is 2.98. The van der Waals surface area contributed by atoms with Gasteiger partial charge in [-0.3, -0.25) is 9.59 Å². The number of amides is 2. The predicted molar refractivity (Wildman–Crippen MR) is 113 cm³/mol. The number of allylic oxidation sites excluding steroid dienone is 1. The van der Waals surface area contributed by atoms with Crippen LogP contribution in [0.25, 0.3) is 0 Å². The summed E-state index contributed by atoms with van der Waals surface area (Å²) >= 11 is 0. The topological polar surface area (TPSA) is 75.7 Å². The Bertz CT molecular complexity index is 938. The third-order valence-corrected chi connectivity index (χ3v) is 4.94. The first kappa shape index (κ1) is 21.3. The highest BCUT2D eigenvalue weighted by Crippen LogP contribution is 2.29. The van der Waals surface area contributed by atoms with E-state index in [4.69, 9.17) is 4.74 Å². The number of hydrogen-bond acceptors (Lipinski definition) is 4. The molecule has 2 aromatic carbocycles. The van der Waals surface area contributed by atoms with Crippen LogP contribution in [-0.4, -0.2) is 35.3 Å². The third kappa shape index (κ3) is 5.14. The lowest BCUT2D eigenvalue weighted by molar-refractivity contribution is -0.141. The molecule has 1 N–H and O–H groups in total. The molecule has 0 spiro atoms. The van der Waals surface area contributed by atoms with E-state index >= 15 is 0 Å². The first-order valence-corrected chi connectivity index (χ1v) is 10.0. The van der Waals surface area contributed by atoms with Gasteiger partial charge in [-0.1, -0.05) is 60.7 Å². The van der Waals surface area contributed by atoms with Crippen molar-refractivity contribution >= 4 is 17.8 Å². The van der Waals surface area contributed by atoms with Gasteiger partial charge in [-0.15, -0.1) is 0 Å². The van der Waals surface area contributed by atoms with Gasteiger partial charge in [0.1, 0.15) is 6.04 Å². The monoisotopic (exact) mass is 406 g/mol. The van der Waals surface area contributed by atoms with Crippen LogP contribution in [-0.2, 0) is 32.1 Å². The molecule has 0 aromatic heterocycles. The van der Waals surface area contributed by atoms with Crippen LogP contribution in [0.2, 0.25) is 0 Å². The van der Waals surface area contributed by atoms with E-state index in [-0.39, 0.29) is 24.8 Å². The van der Waals surface area contributed by atoms with Gasteiger partial charge in [0, 0.05) is 25.5 Å². The molecule has 6 heteroatoms. The summed E-state index contributed by atoms with van der Waals surface area (Å²) in [5.74, 6) is -1.000. The lowest BCUT2D eigenvalue weighted by Crippen LogP contribution is -2.51. The molecule has 3 rings (SSSR count). The van der Waals surface area contributed by atoms with E-state index in [1.165, 1.54) is 6.92 Å². The van der Waals surface area contributed by atoms with Gasteiger partial charge in [-0.2, -0.15) is 0 Å². The number of nitrogens with zero attached hydrogens (tertiary/aromatic N) is 1. The molecule has 1 aliphatic rings. The molecular formula is C24H26N2O4. The minimum atomic E-state index is -0.801. The summed E-state index contributed by atoms with van der Waals surface area (Å²) in [5, 5.41) is 2.69. The van der Waals surface area contributed by atoms with E-state index in [9.17, 15) is 14.4 Å². The van der Waals surface area contributed by atoms with E-state index < -0.39 is 12.0 Å². The molecule has 0 fully saturated rings. The molecule has 0 radical (unpaired) electrons. The highest BCUT2D eigenvalue weighted by Gasteiger charge is 2.38. The van der Waals surface area contributed by atoms with Gasteiger partial charge in [0.25, 0.3) is 0 Å². The standard InChI is InChI=1S/C24H26N2O4/c1-3-30-24(29)20-15-21(25-17(2)27)23(28)26(16-19-12-8-5-9-13-19)22(20)14-18-10-6-4-7-11-18/h4-13,21H,3,14-16H2,1-2H3,(H,25,27). The van der Waals surface area contributed by atoms with E-state index in [2.05, 4.69) is 5.32 Å². The van der Waals surface area contributed by atoms with Crippen molar-refractivity contribution < 1.29 is 19.1 Å². The average molecular weight is 406 g/mol. The molecule has 30 heavy (non-hydrogen) atoms. The Kier molecular flexibility index (Phi) is 7.01. The van der Waals surface area contributed by atoms with Crippen molar-refractivity contribution in [1.82, 2.24) is 10.2 Å². The summed E-state index contributed by atoms with van der Waals surface area (Å²) in [7, 11) is 0. The van der Waals surface area contributed by atoms with Crippen molar-refractivity contribution in [1.29, 1.82) is 0 Å². The average Bonchev–Trinajstić information content (AvgIpc) is 2.74. The molecule has 0 saturated carbocycles. The molecular weight excluding hydrogens is 380 g/mol. The molecule has 2 amide bonds. The van der Waals surface area contributed by atoms with E-state index in [1.54, 1.807) is 11.8 Å². The number of nitrogens with one attached hydrogen (secondary N) is 1. The van der Waals surface area contributed by atoms with Gasteiger partial charge in [0.2, 0.25) is 11.8 Å². The number of carbonyl (C=O) groups is 3. The van der Waals surface area contributed by atoms with Gasteiger partial charge < -0.3 is 15.0 Å². The van der Waals surface area contributed by atoms with Gasteiger partial charge >= 0.3 is 5.97 Å². The first-order chi connectivity index (χ1) is 14.5. The molecule has 2 aromatic rings. The van der Waals surface area contributed by atoms with Crippen molar-refractivity contribution in [3.8, 4) is 0 Å². The second-order valence-electron chi connectivity index (χ2n) is 7.18. The van der Waals surface area contributed by atoms with Crippen LogP contribution < -0.4 is 5.32 Å².